The number of halogens is 2. The fourth-order valence-corrected chi connectivity index (χ4v) is 8.89. The summed E-state index contributed by atoms with van der Waals surface area (Å²) in [6.07, 6.45) is 9.97. The number of carbonyl (C=O) groups excluding carboxylic acids is 4. The molecule has 1 saturated carbocycles. The molecule has 2 N–H and O–H groups in total. The van der Waals surface area contributed by atoms with Crippen molar-refractivity contribution in [1.29, 1.82) is 5.26 Å². The van der Waals surface area contributed by atoms with Crippen LogP contribution >= 0.6 is 11.6 Å². The van der Waals surface area contributed by atoms with E-state index in [1.165, 1.54) is 6.07 Å². The van der Waals surface area contributed by atoms with E-state index in [1.54, 1.807) is 18.2 Å². The number of piperazine rings is 1. The highest BCUT2D eigenvalue weighted by Gasteiger charge is 2.45. The van der Waals surface area contributed by atoms with Crippen LogP contribution in [0.2, 0.25) is 5.02 Å². The molecule has 57 heavy (non-hydrogen) atoms. The third kappa shape index (κ3) is 8.44. The van der Waals surface area contributed by atoms with E-state index >= 15 is 4.39 Å². The Balaban J connectivity index is 0.751. The lowest BCUT2D eigenvalue weighted by Crippen LogP contribution is -2.54. The Morgan fingerprint density at radius 3 is 2.25 bits per heavy atom. The van der Waals surface area contributed by atoms with Gasteiger partial charge in [-0.15, -0.1) is 0 Å². The van der Waals surface area contributed by atoms with Crippen molar-refractivity contribution in [2.24, 2.45) is 5.92 Å². The predicted molar refractivity (Wildman–Crippen MR) is 208 cm³/mol. The van der Waals surface area contributed by atoms with E-state index in [2.05, 4.69) is 26.5 Å². The second-order valence-electron chi connectivity index (χ2n) is 15.6. The molecule has 1 atom stereocenters. The van der Waals surface area contributed by atoms with Gasteiger partial charge in [-0.25, -0.2) is 14.4 Å². The number of nitriles is 1. The number of carbonyl (C=O) groups is 4. The maximum atomic E-state index is 15.4. The number of benzene rings is 2. The molecule has 4 aliphatic heterocycles. The summed E-state index contributed by atoms with van der Waals surface area (Å²) < 4.78 is 21.5. The van der Waals surface area contributed by atoms with Gasteiger partial charge in [0.05, 0.1) is 33.5 Å². The van der Waals surface area contributed by atoms with E-state index in [9.17, 15) is 19.2 Å². The minimum Gasteiger partial charge on any atom is -0.490 e. The molecule has 0 radical (unpaired) electrons. The van der Waals surface area contributed by atoms with Crippen LogP contribution in [0.3, 0.4) is 0 Å². The maximum absolute atomic E-state index is 15.4. The van der Waals surface area contributed by atoms with Crippen LogP contribution < -0.4 is 25.2 Å². The standard InChI is InChI=1S/C41H45ClFN9O5/c42-33-17-30(4-1-27(33)20-44)57-29-5-2-28(3-6-29)45-21-26-22-46-41(47-23-26)51-11-9-25(10-12-51)24-49-13-15-50(16-14-49)36-19-32-31(18-34(36)43)39(55)52(40(32)56)35-7-8-37(53)48-38(35)54/h1,4,17-19,22-23,25,28-29,35,45H,2-3,5-16,21,24H2,(H,48,53,54)/t28-,29-,35?. The topological polar surface area (TPSA) is 164 Å². The first-order valence-electron chi connectivity index (χ1n) is 19.8. The maximum Gasteiger partial charge on any atom is 0.262 e. The molecule has 4 amide bonds. The first-order valence-corrected chi connectivity index (χ1v) is 20.2. The van der Waals surface area contributed by atoms with Gasteiger partial charge in [0.25, 0.3) is 11.8 Å². The minimum atomic E-state index is -1.09. The molecule has 3 aromatic rings. The molecule has 1 aromatic heterocycles. The molecular weight excluding hydrogens is 753 g/mol. The molecule has 0 bridgehead atoms. The molecule has 5 aliphatic rings. The fourth-order valence-electron chi connectivity index (χ4n) is 8.68. The van der Waals surface area contributed by atoms with Crippen LogP contribution in [0.25, 0.3) is 0 Å². The minimum absolute atomic E-state index is 0.0233. The Kier molecular flexibility index (Phi) is 11.4. The normalized spacial score (nSPS) is 23.4. The monoisotopic (exact) mass is 797 g/mol. The highest BCUT2D eigenvalue weighted by atomic mass is 35.5. The lowest BCUT2D eigenvalue weighted by Gasteiger charge is -2.39. The first-order chi connectivity index (χ1) is 27.6. The molecule has 0 spiro atoms. The van der Waals surface area contributed by atoms with Crippen LogP contribution in [0.5, 0.6) is 5.75 Å². The summed E-state index contributed by atoms with van der Waals surface area (Å²) >= 11 is 6.16. The molecule has 4 fully saturated rings. The van der Waals surface area contributed by atoms with Crippen LogP contribution in [-0.4, -0.2) is 107 Å². The van der Waals surface area contributed by atoms with Crippen molar-refractivity contribution in [3.8, 4) is 11.8 Å². The molecule has 1 aliphatic carbocycles. The van der Waals surface area contributed by atoms with Crippen molar-refractivity contribution in [3.63, 3.8) is 0 Å². The van der Waals surface area contributed by atoms with Gasteiger partial charge in [-0.2, -0.15) is 5.26 Å². The van der Waals surface area contributed by atoms with Crippen LogP contribution in [0, 0.1) is 23.1 Å². The summed E-state index contributed by atoms with van der Waals surface area (Å²) in [5.41, 5.74) is 1.79. The zero-order valence-electron chi connectivity index (χ0n) is 31.6. The highest BCUT2D eigenvalue weighted by molar-refractivity contribution is 6.31. The summed E-state index contributed by atoms with van der Waals surface area (Å²) in [6.45, 7) is 6.06. The molecule has 1 unspecified atom stereocenters. The van der Waals surface area contributed by atoms with Gasteiger partial charge in [0, 0.05) is 88.8 Å². The molecule has 14 nitrogen and oxygen atoms in total. The molecule has 16 heteroatoms. The Morgan fingerprint density at radius 1 is 0.877 bits per heavy atom. The molecule has 3 saturated heterocycles. The van der Waals surface area contributed by atoms with E-state index in [1.807, 2.05) is 17.3 Å². The van der Waals surface area contributed by atoms with E-state index < -0.39 is 35.5 Å². The van der Waals surface area contributed by atoms with Gasteiger partial charge in [0.2, 0.25) is 17.8 Å². The van der Waals surface area contributed by atoms with Gasteiger partial charge in [-0.1, -0.05) is 11.6 Å². The summed E-state index contributed by atoms with van der Waals surface area (Å²) in [6, 6.07) is 9.13. The predicted octanol–water partition coefficient (Wildman–Crippen LogP) is 4.06. The average molecular weight is 798 g/mol. The van der Waals surface area contributed by atoms with Crippen molar-refractivity contribution in [3.05, 3.63) is 75.8 Å². The van der Waals surface area contributed by atoms with Gasteiger partial charge in [-0.3, -0.25) is 34.3 Å². The average Bonchev–Trinajstić information content (AvgIpc) is 3.45. The van der Waals surface area contributed by atoms with Gasteiger partial charge in [0.15, 0.2) is 0 Å². The number of nitrogens with zero attached hydrogens (tertiary/aromatic N) is 7. The van der Waals surface area contributed by atoms with E-state index in [-0.39, 0.29) is 35.8 Å². The van der Waals surface area contributed by atoms with Gasteiger partial charge >= 0.3 is 0 Å². The summed E-state index contributed by atoms with van der Waals surface area (Å²) in [7, 11) is 0. The third-order valence-electron chi connectivity index (χ3n) is 12.0. The Morgan fingerprint density at radius 2 is 1.58 bits per heavy atom. The first kappa shape index (κ1) is 38.7. The smallest absolute Gasteiger partial charge is 0.262 e. The van der Waals surface area contributed by atoms with Crippen LogP contribution in [0.15, 0.2) is 42.7 Å². The largest absolute Gasteiger partial charge is 0.490 e. The Bertz CT molecular complexity index is 2070. The summed E-state index contributed by atoms with van der Waals surface area (Å²) in [5, 5.41) is 15.3. The number of rotatable bonds is 10. The van der Waals surface area contributed by atoms with E-state index in [0.717, 1.165) is 93.7 Å². The molecule has 298 valence electrons. The molecule has 2 aromatic carbocycles. The van der Waals surface area contributed by atoms with Crippen LogP contribution in [-0.2, 0) is 16.1 Å². The van der Waals surface area contributed by atoms with E-state index in [4.69, 9.17) is 31.6 Å². The number of aromatic nitrogens is 2. The van der Waals surface area contributed by atoms with E-state index in [0.29, 0.717) is 47.9 Å². The number of amides is 4. The molecule has 5 heterocycles. The SMILES string of the molecule is N#Cc1ccc(O[C@H]2CC[C@H](NCc3cnc(N4CCC(CN5CCN(c6cc7c(cc6F)C(=O)N(C6CCC(=O)NC6=O)C7=O)CC5)CC4)nc3)CC2)cc1Cl. The number of imide groups is 2. The number of ether oxygens (including phenoxy) is 1. The summed E-state index contributed by atoms with van der Waals surface area (Å²) in [4.78, 5) is 67.2. The van der Waals surface area contributed by atoms with Crippen molar-refractivity contribution < 1.29 is 28.3 Å². The van der Waals surface area contributed by atoms with Crippen molar-refractivity contribution in [1.82, 2.24) is 30.4 Å². The third-order valence-corrected chi connectivity index (χ3v) is 12.3. The number of nitrogens with one attached hydrogen (secondary N) is 2. The number of hydrogen-bond donors (Lipinski definition) is 2. The zero-order chi connectivity index (χ0) is 39.6. The lowest BCUT2D eigenvalue weighted by atomic mass is 9.93. The Hall–Kier alpha value is -5.17. The van der Waals surface area contributed by atoms with Crippen molar-refractivity contribution in [2.45, 2.75) is 76.1 Å². The lowest BCUT2D eigenvalue weighted by molar-refractivity contribution is -0.136. The van der Waals surface area contributed by atoms with Crippen LogP contribution in [0.4, 0.5) is 16.0 Å². The van der Waals surface area contributed by atoms with Crippen molar-refractivity contribution in [2.75, 3.05) is 55.6 Å². The van der Waals surface area contributed by atoms with Gasteiger partial charge in [-0.05, 0) is 75.1 Å². The van der Waals surface area contributed by atoms with Crippen molar-refractivity contribution >= 4 is 46.9 Å². The quantitative estimate of drug-likeness (QED) is 0.284. The highest BCUT2D eigenvalue weighted by Crippen LogP contribution is 2.34. The second-order valence-corrected chi connectivity index (χ2v) is 16.0. The fraction of sp³-hybridized carbons (Fsp3) is 0.488. The number of hydrogen-bond acceptors (Lipinski definition) is 12. The Labute approximate surface area is 335 Å². The number of piperidine rings is 2. The number of fused-ring (bicyclic) bond motifs is 1. The molecular formula is C41H45ClFN9O5. The number of anilines is 2. The van der Waals surface area contributed by atoms with Crippen LogP contribution in [0.1, 0.15) is 83.2 Å². The van der Waals surface area contributed by atoms with Gasteiger partial charge < -0.3 is 19.9 Å². The molecule has 8 rings (SSSR count). The zero-order valence-corrected chi connectivity index (χ0v) is 32.3. The van der Waals surface area contributed by atoms with Gasteiger partial charge in [0.1, 0.15) is 23.7 Å². The second kappa shape index (κ2) is 16.7. The summed E-state index contributed by atoms with van der Waals surface area (Å²) in [5.74, 6) is -1.09.